The van der Waals surface area contributed by atoms with E-state index in [1.54, 1.807) is 19.0 Å². The van der Waals surface area contributed by atoms with Gasteiger partial charge in [0.05, 0.1) is 5.92 Å². The Morgan fingerprint density at radius 3 is 2.69 bits per heavy atom. The largest absolute Gasteiger partial charge is 0.348 e. The fourth-order valence-electron chi connectivity index (χ4n) is 2.19. The van der Waals surface area contributed by atoms with Gasteiger partial charge >= 0.3 is 0 Å². The van der Waals surface area contributed by atoms with Crippen LogP contribution in [0.15, 0.2) is 24.3 Å². The summed E-state index contributed by atoms with van der Waals surface area (Å²) in [5.74, 6) is 0.0854. The Kier molecular flexibility index (Phi) is 2.77. The van der Waals surface area contributed by atoms with Crippen LogP contribution in [-0.4, -0.2) is 30.7 Å². The molecule has 1 aromatic carbocycles. The topological polar surface area (TPSA) is 37.4 Å². The van der Waals surface area contributed by atoms with Gasteiger partial charge in [0.1, 0.15) is 0 Å². The molecule has 0 heterocycles. The minimum absolute atomic E-state index is 0.0833. The smallest absolute Gasteiger partial charge is 0.229 e. The van der Waals surface area contributed by atoms with Crippen LogP contribution in [0.25, 0.3) is 0 Å². The Morgan fingerprint density at radius 1 is 1.31 bits per heavy atom. The van der Waals surface area contributed by atoms with Gasteiger partial charge in [0, 0.05) is 26.1 Å². The van der Waals surface area contributed by atoms with Gasteiger partial charge in [0.2, 0.25) is 5.91 Å². The predicted octanol–water partition coefficient (Wildman–Crippen LogP) is 1.83. The summed E-state index contributed by atoms with van der Waals surface area (Å²) in [5.41, 5.74) is 1.60. The maximum absolute atomic E-state index is 12.0. The molecular weight excluding hydrogens is 202 g/mol. The molecule has 0 bridgehead atoms. The van der Waals surface area contributed by atoms with Gasteiger partial charge in [0.15, 0.2) is 5.78 Å². The second-order valence-corrected chi connectivity index (χ2v) is 4.33. The van der Waals surface area contributed by atoms with E-state index in [1.165, 1.54) is 0 Å². The Hall–Kier alpha value is -1.64. The van der Waals surface area contributed by atoms with E-state index in [2.05, 4.69) is 0 Å². The van der Waals surface area contributed by atoms with Crippen LogP contribution < -0.4 is 0 Å². The van der Waals surface area contributed by atoms with E-state index in [4.69, 9.17) is 0 Å². The van der Waals surface area contributed by atoms with Gasteiger partial charge in [-0.1, -0.05) is 24.3 Å². The lowest BCUT2D eigenvalue weighted by molar-refractivity contribution is -0.130. The first-order chi connectivity index (χ1) is 7.61. The summed E-state index contributed by atoms with van der Waals surface area (Å²) in [5, 5.41) is 0. The van der Waals surface area contributed by atoms with Crippen molar-refractivity contribution in [1.82, 2.24) is 4.90 Å². The first-order valence-corrected chi connectivity index (χ1v) is 5.44. The number of Topliss-reactive ketones (excluding diaryl/α,β-unsaturated/α-hetero) is 1. The van der Waals surface area contributed by atoms with E-state index in [0.717, 1.165) is 5.56 Å². The average Bonchev–Trinajstić information content (AvgIpc) is 2.29. The van der Waals surface area contributed by atoms with Crippen molar-refractivity contribution in [2.45, 2.75) is 18.8 Å². The lowest BCUT2D eigenvalue weighted by Gasteiger charge is -2.26. The summed E-state index contributed by atoms with van der Waals surface area (Å²) in [6.07, 6.45) is 1.11. The van der Waals surface area contributed by atoms with Gasteiger partial charge in [-0.3, -0.25) is 9.59 Å². The molecule has 1 aromatic rings. The molecule has 1 aliphatic carbocycles. The van der Waals surface area contributed by atoms with E-state index in [-0.39, 0.29) is 17.6 Å². The molecule has 1 amide bonds. The van der Waals surface area contributed by atoms with Gasteiger partial charge in [0.25, 0.3) is 0 Å². The number of ketones is 1. The highest BCUT2D eigenvalue weighted by molar-refractivity contribution is 6.01. The van der Waals surface area contributed by atoms with Crippen LogP contribution in [0.1, 0.15) is 34.7 Å². The van der Waals surface area contributed by atoms with Crippen molar-refractivity contribution >= 4 is 11.7 Å². The monoisotopic (exact) mass is 217 g/mol. The molecule has 0 aromatic heterocycles. The Balaban J connectivity index is 2.42. The first kappa shape index (κ1) is 10.9. The molecule has 0 saturated heterocycles. The average molecular weight is 217 g/mol. The van der Waals surface area contributed by atoms with E-state index in [1.807, 2.05) is 24.3 Å². The van der Waals surface area contributed by atoms with E-state index < -0.39 is 0 Å². The molecule has 84 valence electrons. The summed E-state index contributed by atoms with van der Waals surface area (Å²) in [4.78, 5) is 25.3. The molecular formula is C13H15NO2. The standard InChI is InChI=1S/C13H15NO2/c1-14(2)13(16)11-7-8-12(15)10-6-4-3-5-9(10)11/h3-6,11H,7-8H2,1-2H3. The molecule has 0 aliphatic heterocycles. The number of carbonyl (C=O) groups excluding carboxylic acids is 2. The third-order valence-corrected chi connectivity index (χ3v) is 3.04. The fourth-order valence-corrected chi connectivity index (χ4v) is 2.19. The quantitative estimate of drug-likeness (QED) is 0.719. The number of hydrogen-bond donors (Lipinski definition) is 0. The maximum Gasteiger partial charge on any atom is 0.229 e. The van der Waals surface area contributed by atoms with Crippen LogP contribution in [0.5, 0.6) is 0 Å². The van der Waals surface area contributed by atoms with Crippen LogP contribution in [0.4, 0.5) is 0 Å². The number of likely N-dealkylation sites (N-methyl/N-ethyl adjacent to an activating group) is 1. The number of carbonyl (C=O) groups is 2. The number of fused-ring (bicyclic) bond motifs is 1. The maximum atomic E-state index is 12.0. The van der Waals surface area contributed by atoms with Crippen molar-refractivity contribution < 1.29 is 9.59 Å². The second-order valence-electron chi connectivity index (χ2n) is 4.33. The molecule has 3 nitrogen and oxygen atoms in total. The van der Waals surface area contributed by atoms with Crippen molar-refractivity contribution in [3.8, 4) is 0 Å². The van der Waals surface area contributed by atoms with Crippen molar-refractivity contribution in [3.63, 3.8) is 0 Å². The third-order valence-electron chi connectivity index (χ3n) is 3.04. The van der Waals surface area contributed by atoms with Crippen LogP contribution in [-0.2, 0) is 4.79 Å². The van der Waals surface area contributed by atoms with E-state index >= 15 is 0 Å². The zero-order valence-electron chi connectivity index (χ0n) is 9.56. The highest BCUT2D eigenvalue weighted by Crippen LogP contribution is 2.32. The van der Waals surface area contributed by atoms with Gasteiger partial charge in [-0.25, -0.2) is 0 Å². The molecule has 2 rings (SSSR count). The summed E-state index contributed by atoms with van der Waals surface area (Å²) in [6, 6.07) is 7.43. The molecule has 0 spiro atoms. The van der Waals surface area contributed by atoms with Crippen LogP contribution in [0, 0.1) is 0 Å². The highest BCUT2D eigenvalue weighted by Gasteiger charge is 2.30. The molecule has 0 fully saturated rings. The van der Waals surface area contributed by atoms with Crippen molar-refractivity contribution in [1.29, 1.82) is 0 Å². The predicted molar refractivity (Wildman–Crippen MR) is 61.4 cm³/mol. The summed E-state index contributed by atoms with van der Waals surface area (Å²) in [7, 11) is 3.50. The summed E-state index contributed by atoms with van der Waals surface area (Å²) in [6.45, 7) is 0. The summed E-state index contributed by atoms with van der Waals surface area (Å²) >= 11 is 0. The minimum atomic E-state index is -0.149. The van der Waals surface area contributed by atoms with Gasteiger partial charge in [-0.05, 0) is 12.0 Å². The SMILES string of the molecule is CN(C)C(=O)C1CCC(=O)c2ccccc21. The number of amides is 1. The van der Waals surface area contributed by atoms with Gasteiger partial charge in [-0.15, -0.1) is 0 Å². The Bertz CT molecular complexity index is 437. The molecule has 0 radical (unpaired) electrons. The Morgan fingerprint density at radius 2 is 2.00 bits per heavy atom. The lowest BCUT2D eigenvalue weighted by atomic mass is 9.81. The van der Waals surface area contributed by atoms with E-state index in [0.29, 0.717) is 18.4 Å². The van der Waals surface area contributed by atoms with Crippen LogP contribution >= 0.6 is 0 Å². The number of nitrogens with zero attached hydrogens (tertiary/aromatic N) is 1. The molecule has 1 unspecified atom stereocenters. The van der Waals surface area contributed by atoms with Gasteiger partial charge < -0.3 is 4.90 Å². The van der Waals surface area contributed by atoms with Gasteiger partial charge in [-0.2, -0.15) is 0 Å². The van der Waals surface area contributed by atoms with Crippen molar-refractivity contribution in [3.05, 3.63) is 35.4 Å². The molecule has 1 atom stereocenters. The summed E-state index contributed by atoms with van der Waals surface area (Å²) < 4.78 is 0. The number of hydrogen-bond acceptors (Lipinski definition) is 2. The zero-order chi connectivity index (χ0) is 11.7. The lowest BCUT2D eigenvalue weighted by Crippen LogP contribution is -2.31. The zero-order valence-corrected chi connectivity index (χ0v) is 9.56. The number of benzene rings is 1. The minimum Gasteiger partial charge on any atom is -0.348 e. The second kappa shape index (κ2) is 4.08. The fraction of sp³-hybridized carbons (Fsp3) is 0.385. The highest BCUT2D eigenvalue weighted by atomic mass is 16.2. The van der Waals surface area contributed by atoms with Crippen molar-refractivity contribution in [2.75, 3.05) is 14.1 Å². The van der Waals surface area contributed by atoms with Crippen LogP contribution in [0.3, 0.4) is 0 Å². The third kappa shape index (κ3) is 1.73. The van der Waals surface area contributed by atoms with Crippen LogP contribution in [0.2, 0.25) is 0 Å². The Labute approximate surface area is 95.1 Å². The molecule has 3 heteroatoms. The van der Waals surface area contributed by atoms with Crippen molar-refractivity contribution in [2.24, 2.45) is 0 Å². The van der Waals surface area contributed by atoms with E-state index in [9.17, 15) is 9.59 Å². The molecule has 16 heavy (non-hydrogen) atoms. The molecule has 0 saturated carbocycles. The normalized spacial score (nSPS) is 19.1. The number of rotatable bonds is 1. The molecule has 0 N–H and O–H groups in total. The first-order valence-electron chi connectivity index (χ1n) is 5.44. The molecule has 1 aliphatic rings.